The van der Waals surface area contributed by atoms with Crippen molar-refractivity contribution in [3.05, 3.63) is 6.42 Å². The van der Waals surface area contributed by atoms with E-state index in [2.05, 4.69) is 12.5 Å². The lowest BCUT2D eigenvalue weighted by Crippen LogP contribution is -2.40. The Bertz CT molecular complexity index is 257. The maximum atomic E-state index is 11.8. The van der Waals surface area contributed by atoms with Crippen LogP contribution in [0.3, 0.4) is 0 Å². The summed E-state index contributed by atoms with van der Waals surface area (Å²) < 4.78 is 0. The van der Waals surface area contributed by atoms with Crippen LogP contribution < -0.4 is 0 Å². The van der Waals surface area contributed by atoms with Gasteiger partial charge in [0.2, 0.25) is 5.91 Å². The molecule has 0 N–H and O–H groups in total. The first-order valence-electron chi connectivity index (χ1n) is 4.81. The van der Waals surface area contributed by atoms with Gasteiger partial charge in [-0.3, -0.25) is 4.79 Å². The van der Waals surface area contributed by atoms with E-state index in [0.29, 0.717) is 0 Å². The van der Waals surface area contributed by atoms with Gasteiger partial charge in [-0.2, -0.15) is 5.26 Å². The van der Waals surface area contributed by atoms with Gasteiger partial charge in [-0.05, 0) is 32.1 Å². The smallest absolute Gasteiger partial charge is 0.243 e. The summed E-state index contributed by atoms with van der Waals surface area (Å²) in [5.74, 6) is 0.0611. The lowest BCUT2D eigenvalue weighted by molar-refractivity contribution is -0.135. The number of rotatable bonds is 1. The minimum absolute atomic E-state index is 0.0611. The van der Waals surface area contributed by atoms with Gasteiger partial charge in [0.05, 0.1) is 6.07 Å². The Hall–Kier alpha value is -1.04. The molecule has 3 heteroatoms. The Morgan fingerprint density at radius 2 is 2.31 bits per heavy atom. The molecule has 0 spiro atoms. The zero-order valence-electron chi connectivity index (χ0n) is 7.62. The van der Waals surface area contributed by atoms with Gasteiger partial charge >= 0.3 is 0 Å². The van der Waals surface area contributed by atoms with E-state index in [1.54, 1.807) is 0 Å². The van der Waals surface area contributed by atoms with E-state index >= 15 is 0 Å². The van der Waals surface area contributed by atoms with E-state index in [9.17, 15) is 4.79 Å². The molecule has 0 bridgehead atoms. The van der Waals surface area contributed by atoms with Crippen LogP contribution in [0.5, 0.6) is 0 Å². The molecule has 2 aliphatic rings. The molecular weight excluding hydrogens is 164 g/mol. The van der Waals surface area contributed by atoms with Crippen molar-refractivity contribution in [2.24, 2.45) is 5.41 Å². The summed E-state index contributed by atoms with van der Waals surface area (Å²) in [6.45, 7) is 1.57. The third kappa shape index (κ3) is 1.41. The van der Waals surface area contributed by atoms with Crippen molar-refractivity contribution in [2.45, 2.75) is 25.7 Å². The van der Waals surface area contributed by atoms with Crippen molar-refractivity contribution in [3.8, 4) is 6.07 Å². The minimum Gasteiger partial charge on any atom is -0.341 e. The van der Waals surface area contributed by atoms with Crippen molar-refractivity contribution in [3.63, 3.8) is 0 Å². The quantitative estimate of drug-likeness (QED) is 0.602. The lowest BCUT2D eigenvalue weighted by Gasteiger charge is -2.28. The monoisotopic (exact) mass is 177 g/mol. The zero-order valence-corrected chi connectivity index (χ0v) is 7.62. The predicted octanol–water partition coefficient (Wildman–Crippen LogP) is 1.12. The molecule has 3 nitrogen and oxygen atoms in total. The Labute approximate surface area is 78.3 Å². The number of piperidine rings is 1. The van der Waals surface area contributed by atoms with Crippen LogP contribution in [0.25, 0.3) is 0 Å². The predicted molar refractivity (Wildman–Crippen MR) is 47.4 cm³/mol. The number of amides is 1. The normalized spacial score (nSPS) is 25.0. The maximum absolute atomic E-state index is 11.8. The molecule has 69 valence electrons. The third-order valence-electron chi connectivity index (χ3n) is 2.85. The van der Waals surface area contributed by atoms with E-state index in [0.717, 1.165) is 38.8 Å². The molecule has 1 saturated heterocycles. The Morgan fingerprint density at radius 1 is 1.54 bits per heavy atom. The van der Waals surface area contributed by atoms with Crippen LogP contribution in [0.1, 0.15) is 25.7 Å². The fourth-order valence-corrected chi connectivity index (χ4v) is 1.75. The molecule has 1 aliphatic carbocycles. The standard InChI is InChI=1S/C10H13N2O/c11-8-10(4-5-10)9(13)12-6-2-1-3-7-12/h2H,1,3-7H2. The summed E-state index contributed by atoms with van der Waals surface area (Å²) in [6, 6.07) is 2.14. The molecule has 2 rings (SSSR count). The number of hydrogen-bond acceptors (Lipinski definition) is 2. The lowest BCUT2D eigenvalue weighted by atomic mass is 10.0. The average molecular weight is 177 g/mol. The molecule has 13 heavy (non-hydrogen) atoms. The van der Waals surface area contributed by atoms with Gasteiger partial charge in [0, 0.05) is 13.1 Å². The highest BCUT2D eigenvalue weighted by Gasteiger charge is 2.52. The molecule has 1 heterocycles. The fourth-order valence-electron chi connectivity index (χ4n) is 1.75. The van der Waals surface area contributed by atoms with Gasteiger partial charge < -0.3 is 4.90 Å². The zero-order chi connectivity index (χ0) is 9.31. The first-order chi connectivity index (χ1) is 6.28. The van der Waals surface area contributed by atoms with Gasteiger partial charge in [-0.25, -0.2) is 0 Å². The van der Waals surface area contributed by atoms with Crippen molar-refractivity contribution >= 4 is 5.91 Å². The van der Waals surface area contributed by atoms with Crippen LogP contribution in [0, 0.1) is 23.2 Å². The molecule has 2 fully saturated rings. The van der Waals surface area contributed by atoms with Crippen LogP contribution in [-0.4, -0.2) is 23.9 Å². The van der Waals surface area contributed by atoms with Crippen molar-refractivity contribution in [1.29, 1.82) is 5.26 Å². The van der Waals surface area contributed by atoms with Crippen LogP contribution >= 0.6 is 0 Å². The highest BCUT2D eigenvalue weighted by Crippen LogP contribution is 2.46. The SMILES string of the molecule is N#CC1(C(=O)N2C[CH]CCC2)CC1. The number of nitriles is 1. The number of hydrogen-bond donors (Lipinski definition) is 0. The van der Waals surface area contributed by atoms with E-state index in [-0.39, 0.29) is 5.91 Å². The summed E-state index contributed by atoms with van der Waals surface area (Å²) >= 11 is 0. The fraction of sp³-hybridized carbons (Fsp3) is 0.700. The number of carbonyl (C=O) groups excluding carboxylic acids is 1. The minimum atomic E-state index is -0.620. The largest absolute Gasteiger partial charge is 0.341 e. The summed E-state index contributed by atoms with van der Waals surface area (Å²) in [5, 5.41) is 8.85. The van der Waals surface area contributed by atoms with Crippen molar-refractivity contribution < 1.29 is 4.79 Å². The molecule has 1 amide bonds. The molecule has 1 radical (unpaired) electrons. The second-order valence-corrected chi connectivity index (χ2v) is 3.88. The van der Waals surface area contributed by atoms with E-state index < -0.39 is 5.41 Å². The Kier molecular flexibility index (Phi) is 1.99. The van der Waals surface area contributed by atoms with Crippen LogP contribution in [0.15, 0.2) is 0 Å². The number of nitrogens with zero attached hydrogens (tertiary/aromatic N) is 2. The molecule has 0 aromatic rings. The topological polar surface area (TPSA) is 44.1 Å². The summed E-state index contributed by atoms with van der Waals surface area (Å²) in [4.78, 5) is 13.6. The van der Waals surface area contributed by atoms with E-state index in [1.807, 2.05) is 4.90 Å². The van der Waals surface area contributed by atoms with Gasteiger partial charge in [-0.1, -0.05) is 0 Å². The highest BCUT2D eigenvalue weighted by molar-refractivity contribution is 5.88. The highest BCUT2D eigenvalue weighted by atomic mass is 16.2. The van der Waals surface area contributed by atoms with Crippen molar-refractivity contribution in [2.75, 3.05) is 13.1 Å². The van der Waals surface area contributed by atoms with Gasteiger partial charge in [0.1, 0.15) is 5.41 Å². The second kappa shape index (κ2) is 3.02. The molecule has 0 atom stereocenters. The molecule has 1 saturated carbocycles. The summed E-state index contributed by atoms with van der Waals surface area (Å²) in [6.07, 6.45) is 5.79. The second-order valence-electron chi connectivity index (χ2n) is 3.88. The summed E-state index contributed by atoms with van der Waals surface area (Å²) in [5.41, 5.74) is -0.620. The van der Waals surface area contributed by atoms with Crippen LogP contribution in [0.2, 0.25) is 0 Å². The Balaban J connectivity index is 2.00. The first kappa shape index (κ1) is 8.55. The average Bonchev–Trinajstić information content (AvgIpc) is 2.99. The van der Waals surface area contributed by atoms with E-state index in [1.165, 1.54) is 0 Å². The van der Waals surface area contributed by atoms with Crippen molar-refractivity contribution in [1.82, 2.24) is 4.90 Å². The van der Waals surface area contributed by atoms with Gasteiger partial charge in [0.25, 0.3) is 0 Å². The van der Waals surface area contributed by atoms with E-state index in [4.69, 9.17) is 5.26 Å². The Morgan fingerprint density at radius 3 is 2.77 bits per heavy atom. The third-order valence-corrected chi connectivity index (χ3v) is 2.85. The molecule has 0 aromatic heterocycles. The molecular formula is C10H13N2O. The summed E-state index contributed by atoms with van der Waals surface area (Å²) in [7, 11) is 0. The van der Waals surface area contributed by atoms with Gasteiger partial charge in [-0.15, -0.1) is 0 Å². The molecule has 0 unspecified atom stereocenters. The molecule has 0 aromatic carbocycles. The maximum Gasteiger partial charge on any atom is 0.243 e. The van der Waals surface area contributed by atoms with Crippen LogP contribution in [0.4, 0.5) is 0 Å². The number of likely N-dealkylation sites (tertiary alicyclic amines) is 1. The molecule has 1 aliphatic heterocycles. The first-order valence-corrected chi connectivity index (χ1v) is 4.81. The van der Waals surface area contributed by atoms with Crippen LogP contribution in [-0.2, 0) is 4.79 Å². The number of carbonyl (C=O) groups is 1. The van der Waals surface area contributed by atoms with Gasteiger partial charge in [0.15, 0.2) is 0 Å².